The number of aryl methyl sites for hydroxylation is 1. The molecular formula is C71H113F2N9O8. The molecule has 0 spiro atoms. The summed E-state index contributed by atoms with van der Waals surface area (Å²) < 4.78 is 40.0. The minimum atomic E-state index is -0.756. The summed E-state index contributed by atoms with van der Waals surface area (Å²) in [4.78, 5) is 97.6. The van der Waals surface area contributed by atoms with Gasteiger partial charge in [0.05, 0.1) is 25.4 Å². The number of H-pyrrole nitrogens is 2. The predicted octanol–water partition coefficient (Wildman–Crippen LogP) is 8.73. The number of carbonyl (C=O) groups is 4. The van der Waals surface area contributed by atoms with Crippen molar-refractivity contribution in [1.29, 1.82) is 0 Å². The van der Waals surface area contributed by atoms with Gasteiger partial charge >= 0.3 is 0 Å². The second-order valence-corrected chi connectivity index (χ2v) is 30.3. The van der Waals surface area contributed by atoms with Gasteiger partial charge in [-0.2, -0.15) is 0 Å². The summed E-state index contributed by atoms with van der Waals surface area (Å²) in [6.45, 7) is 24.3. The number of hydrogen-bond donors (Lipinski definition) is 5. The SMILES string of the molecule is CCCO[C@@H](CCCC1CN[C@H](C)CN1CC(=O)CCC(C)(C)c1[nH]c(=O)c(CC2CCC(F)CC2)cc1C)C(=O)CCC1CCC(CNC(=O)[C@@H]2CN(CC3CN[C@H](C)CN3CC(=O)N3CC(C)(C)c4[nH]c(=O)c(CC5CCC(F)CC5)cc43)CCO2)CC1. The number of nitrogens with one attached hydrogen (secondary N) is 5. The molecule has 3 saturated heterocycles. The number of carbonyl (C=O) groups excluding carboxylic acids is 4. The number of aromatic amines is 2. The van der Waals surface area contributed by atoms with Gasteiger partial charge in [-0.05, 0) is 178 Å². The van der Waals surface area contributed by atoms with Crippen molar-refractivity contribution in [3.05, 3.63) is 60.9 Å². The van der Waals surface area contributed by atoms with E-state index < -0.39 is 35.4 Å². The Bertz CT molecular complexity index is 2820. The molecule has 504 valence electrons. The van der Waals surface area contributed by atoms with Gasteiger partial charge in [-0.25, -0.2) is 8.78 Å². The van der Waals surface area contributed by atoms with Crippen molar-refractivity contribution in [2.75, 3.05) is 90.1 Å². The van der Waals surface area contributed by atoms with Crippen molar-refractivity contribution in [3.8, 4) is 0 Å². The summed E-state index contributed by atoms with van der Waals surface area (Å²) >= 11 is 0. The molecule has 2 amide bonds. The smallest absolute Gasteiger partial charge is 0.251 e. The first-order chi connectivity index (χ1) is 43.0. The second-order valence-electron chi connectivity index (χ2n) is 30.3. The maximum absolute atomic E-state index is 14.4. The Kier molecular flexibility index (Phi) is 25.1. The minimum Gasteiger partial charge on any atom is -0.370 e. The Hall–Kier alpha value is -4.24. The number of alkyl halides is 2. The molecule has 17 nitrogen and oxygen atoms in total. The van der Waals surface area contributed by atoms with Crippen molar-refractivity contribution in [2.24, 2.45) is 23.7 Å². The van der Waals surface area contributed by atoms with Crippen LogP contribution in [-0.2, 0) is 52.3 Å². The number of morpholine rings is 1. The first-order valence-corrected chi connectivity index (χ1v) is 35.3. The standard InChI is InChI=1S/C71H113F2N9O8/c1-9-30-89-62(12-10-11-57-37-74-47(3)39-80(57)42-59(83)27-28-70(5,6)65-46(2)32-53(67(86)77-65)33-50-17-22-55(72)23-18-50)61(84)26-21-49-13-15-52(16-14-49)36-76-69(88)63-43-79(29-31-90-63)41-58-38-75-48(4)40-81(58)44-64(85)82-45-71(7,8)66-60(82)35-54(68(87)78-66)34-51-19-24-56(73)25-20-51/h32,35,47-52,55-58,62-63,74-75H,9-31,33-34,36-45H2,1-8H3,(H,76,88)(H,77,86)(H,78,87)/t47-,48-,49?,50?,51?,52?,55?,56?,57?,58?,62+,63+/m1/s1. The highest BCUT2D eigenvalue weighted by atomic mass is 19.1. The average molecular weight is 1260 g/mol. The Morgan fingerprint density at radius 3 is 2.02 bits per heavy atom. The number of ether oxygens (including phenoxy) is 2. The highest BCUT2D eigenvalue weighted by Gasteiger charge is 2.42. The van der Waals surface area contributed by atoms with Crippen LogP contribution in [0, 0.1) is 30.6 Å². The molecule has 19 heteroatoms. The van der Waals surface area contributed by atoms with Gasteiger partial charge in [-0.3, -0.25) is 43.5 Å². The molecule has 3 saturated carbocycles. The van der Waals surface area contributed by atoms with Crippen LogP contribution in [0.3, 0.4) is 0 Å². The van der Waals surface area contributed by atoms with Crippen molar-refractivity contribution >= 4 is 29.1 Å². The lowest BCUT2D eigenvalue weighted by Gasteiger charge is -2.43. The fourth-order valence-electron chi connectivity index (χ4n) is 16.2. The number of hydrogen-bond acceptors (Lipinski definition) is 13. The van der Waals surface area contributed by atoms with Crippen LogP contribution in [0.4, 0.5) is 14.5 Å². The van der Waals surface area contributed by atoms with Gasteiger partial charge in [-0.1, -0.05) is 47.5 Å². The van der Waals surface area contributed by atoms with Crippen LogP contribution in [0.5, 0.6) is 0 Å². The van der Waals surface area contributed by atoms with Crippen molar-refractivity contribution in [1.82, 2.24) is 40.6 Å². The van der Waals surface area contributed by atoms with Crippen LogP contribution < -0.4 is 32.0 Å². The zero-order valence-electron chi connectivity index (χ0n) is 56.1. The molecule has 0 radical (unpaired) electrons. The van der Waals surface area contributed by atoms with Crippen LogP contribution in [0.25, 0.3) is 0 Å². The number of Topliss-reactive ketones (excluding diaryl/α,β-unsaturated/α-hetero) is 2. The summed E-state index contributed by atoms with van der Waals surface area (Å²) in [5, 5.41) is 10.5. The molecule has 0 bridgehead atoms. The van der Waals surface area contributed by atoms with Gasteiger partial charge in [0.25, 0.3) is 11.1 Å². The topological polar surface area (TPSA) is 202 Å². The van der Waals surface area contributed by atoms with E-state index in [2.05, 4.69) is 89.1 Å². The molecule has 4 aliphatic heterocycles. The zero-order valence-corrected chi connectivity index (χ0v) is 56.1. The largest absolute Gasteiger partial charge is 0.370 e. The van der Waals surface area contributed by atoms with Crippen LogP contribution >= 0.6 is 0 Å². The van der Waals surface area contributed by atoms with Gasteiger partial charge in [0.2, 0.25) is 11.8 Å². The van der Waals surface area contributed by atoms with Gasteiger partial charge in [0.15, 0.2) is 5.78 Å². The number of piperazine rings is 2. The normalized spacial score (nSPS) is 29.2. The third-order valence-corrected chi connectivity index (χ3v) is 21.8. The number of pyridine rings is 2. The third kappa shape index (κ3) is 19.2. The number of halogens is 2. The second kappa shape index (κ2) is 32.3. The van der Waals surface area contributed by atoms with E-state index >= 15 is 0 Å². The molecule has 9 rings (SSSR count). The number of rotatable bonds is 28. The van der Waals surface area contributed by atoms with Crippen molar-refractivity contribution in [2.45, 2.75) is 256 Å². The Morgan fingerprint density at radius 2 is 1.37 bits per heavy atom. The molecular weight excluding hydrogens is 1140 g/mol. The molecule has 3 aliphatic carbocycles. The van der Waals surface area contributed by atoms with Crippen molar-refractivity contribution in [3.63, 3.8) is 0 Å². The van der Waals surface area contributed by atoms with Crippen LogP contribution in [0.1, 0.15) is 205 Å². The molecule has 90 heavy (non-hydrogen) atoms. The lowest BCUT2D eigenvalue weighted by Crippen LogP contribution is -2.62. The fraction of sp³-hybridized carbons (Fsp3) is 0.803. The van der Waals surface area contributed by atoms with Gasteiger partial charge < -0.3 is 40.3 Å². The molecule has 6 heterocycles. The number of ketones is 2. The van der Waals surface area contributed by atoms with E-state index in [1.54, 1.807) is 0 Å². The Balaban J connectivity index is 0.677. The lowest BCUT2D eigenvalue weighted by atomic mass is 9.79. The molecule has 5 N–H and O–H groups in total. The first kappa shape index (κ1) is 70.1. The highest BCUT2D eigenvalue weighted by Crippen LogP contribution is 2.40. The summed E-state index contributed by atoms with van der Waals surface area (Å²) in [6, 6.07) is 4.62. The molecule has 7 aliphatic rings. The highest BCUT2D eigenvalue weighted by molar-refractivity contribution is 5.97. The van der Waals surface area contributed by atoms with E-state index in [0.29, 0.717) is 147 Å². The molecule has 2 unspecified atom stereocenters. The third-order valence-electron chi connectivity index (χ3n) is 21.8. The fourth-order valence-corrected chi connectivity index (χ4v) is 16.2. The zero-order chi connectivity index (χ0) is 64.3. The lowest BCUT2D eigenvalue weighted by molar-refractivity contribution is -0.139. The number of aromatic nitrogens is 2. The van der Waals surface area contributed by atoms with Gasteiger partial charge in [0.1, 0.15) is 30.3 Å². The number of fused-ring (bicyclic) bond motifs is 1. The summed E-state index contributed by atoms with van der Waals surface area (Å²) in [5.74, 6) is 1.73. The van der Waals surface area contributed by atoms with E-state index in [0.717, 1.165) is 125 Å². The first-order valence-electron chi connectivity index (χ1n) is 35.3. The van der Waals surface area contributed by atoms with Crippen LogP contribution in [0.2, 0.25) is 0 Å². The molecule has 0 aromatic carbocycles. The summed E-state index contributed by atoms with van der Waals surface area (Å²) in [5.41, 5.74) is 3.92. The van der Waals surface area contributed by atoms with Crippen LogP contribution in [-0.4, -0.2) is 182 Å². The van der Waals surface area contributed by atoms with Crippen molar-refractivity contribution < 1.29 is 37.4 Å². The number of anilines is 1. The van der Waals surface area contributed by atoms with Gasteiger partial charge in [0, 0.05) is 136 Å². The van der Waals surface area contributed by atoms with E-state index in [1.165, 1.54) is 0 Å². The molecule has 2 aromatic heterocycles. The Labute approximate surface area is 535 Å². The molecule has 6 atom stereocenters. The van der Waals surface area contributed by atoms with Crippen LogP contribution in [0.15, 0.2) is 21.7 Å². The quantitative estimate of drug-likeness (QED) is 0.0542. The minimum absolute atomic E-state index is 0.00372. The van der Waals surface area contributed by atoms with E-state index in [9.17, 15) is 37.5 Å². The number of amides is 2. The van der Waals surface area contributed by atoms with Gasteiger partial charge in [-0.15, -0.1) is 0 Å². The maximum Gasteiger partial charge on any atom is 0.251 e. The average Bonchev–Trinajstić information content (AvgIpc) is 1.61. The van der Waals surface area contributed by atoms with E-state index in [4.69, 9.17) is 9.47 Å². The molecule has 6 fully saturated rings. The number of nitrogens with zero attached hydrogens (tertiary/aromatic N) is 4. The summed E-state index contributed by atoms with van der Waals surface area (Å²) in [7, 11) is 0. The predicted molar refractivity (Wildman–Crippen MR) is 351 cm³/mol. The Morgan fingerprint density at radius 1 is 0.767 bits per heavy atom. The summed E-state index contributed by atoms with van der Waals surface area (Å²) in [6.07, 6.45) is 13.8. The maximum atomic E-state index is 14.4. The molecule has 2 aromatic rings. The monoisotopic (exact) mass is 1260 g/mol. The van der Waals surface area contributed by atoms with E-state index in [1.807, 2.05) is 24.0 Å². The van der Waals surface area contributed by atoms with E-state index in [-0.39, 0.29) is 71.1 Å².